The predicted molar refractivity (Wildman–Crippen MR) is 58.6 cm³/mol. The van der Waals surface area contributed by atoms with Crippen molar-refractivity contribution in [2.75, 3.05) is 13.2 Å². The van der Waals surface area contributed by atoms with Crippen molar-refractivity contribution < 1.29 is 22.6 Å². The average molecular weight is 311 g/mol. The maximum Gasteiger partial charge on any atom is 0.418 e. The van der Waals surface area contributed by atoms with Crippen LogP contribution in [-0.4, -0.2) is 25.5 Å². The molecule has 0 saturated carbocycles. The summed E-state index contributed by atoms with van der Waals surface area (Å²) in [7, 11) is 0. The average Bonchev–Trinajstić information content (AvgIpc) is 3.03. The van der Waals surface area contributed by atoms with Gasteiger partial charge in [0, 0.05) is 10.0 Å². The molecule has 0 aromatic heterocycles. The molecule has 0 bridgehead atoms. The van der Waals surface area contributed by atoms with Gasteiger partial charge in [-0.1, -0.05) is 34.1 Å². The molecule has 0 unspecified atom stereocenters. The highest BCUT2D eigenvalue weighted by Crippen LogP contribution is 2.39. The van der Waals surface area contributed by atoms with Crippen molar-refractivity contribution >= 4 is 15.9 Å². The smallest absolute Gasteiger partial charge is 0.371 e. The van der Waals surface area contributed by atoms with Crippen LogP contribution in [0.4, 0.5) is 13.2 Å². The van der Waals surface area contributed by atoms with Crippen molar-refractivity contribution in [3.8, 4) is 0 Å². The molecule has 0 aliphatic carbocycles. The number of hydrogen-bond donors (Lipinski definition) is 0. The van der Waals surface area contributed by atoms with Crippen LogP contribution in [0.3, 0.4) is 0 Å². The summed E-state index contributed by atoms with van der Waals surface area (Å²) < 4.78 is 48.7. The lowest BCUT2D eigenvalue weighted by Gasteiger charge is -2.21. The summed E-state index contributed by atoms with van der Waals surface area (Å²) in [5, 5.41) is 0. The van der Waals surface area contributed by atoms with E-state index < -0.39 is 12.3 Å². The van der Waals surface area contributed by atoms with Gasteiger partial charge in [0.25, 0.3) is 0 Å². The van der Waals surface area contributed by atoms with Crippen LogP contribution < -0.4 is 0 Å². The molecule has 1 aliphatic rings. The first kappa shape index (κ1) is 12.9. The Bertz CT molecular complexity index is 391. The molecule has 0 N–H and O–H groups in total. The number of ether oxygens (including phenoxy) is 2. The Balaban J connectivity index is 2.16. The zero-order valence-corrected chi connectivity index (χ0v) is 10.3. The minimum absolute atomic E-state index is 0.0362. The third-order valence-electron chi connectivity index (χ3n) is 2.34. The van der Waals surface area contributed by atoms with Crippen molar-refractivity contribution in [3.05, 3.63) is 34.3 Å². The van der Waals surface area contributed by atoms with Gasteiger partial charge in [-0.3, -0.25) is 0 Å². The van der Waals surface area contributed by atoms with Gasteiger partial charge < -0.3 is 9.47 Å². The molecule has 2 atom stereocenters. The Morgan fingerprint density at radius 2 is 2.06 bits per heavy atom. The second kappa shape index (κ2) is 4.96. The summed E-state index contributed by atoms with van der Waals surface area (Å²) in [6.45, 7) is 0.437. The summed E-state index contributed by atoms with van der Waals surface area (Å²) in [6.07, 6.45) is -6.54. The zero-order chi connectivity index (χ0) is 12.5. The van der Waals surface area contributed by atoms with Crippen LogP contribution in [0.25, 0.3) is 0 Å². The van der Waals surface area contributed by atoms with E-state index in [1.807, 2.05) is 0 Å². The molecule has 1 aliphatic heterocycles. The van der Waals surface area contributed by atoms with E-state index in [1.165, 1.54) is 6.07 Å². The summed E-state index contributed by atoms with van der Waals surface area (Å²) in [5.74, 6) is 0. The molecule has 0 spiro atoms. The first-order valence-electron chi connectivity index (χ1n) is 5.03. The maximum absolute atomic E-state index is 12.9. The number of halogens is 4. The van der Waals surface area contributed by atoms with Gasteiger partial charge in [-0.2, -0.15) is 13.2 Å². The second-order valence-electron chi connectivity index (χ2n) is 3.73. The first-order valence-corrected chi connectivity index (χ1v) is 5.82. The molecule has 2 rings (SSSR count). The van der Waals surface area contributed by atoms with Crippen molar-refractivity contribution in [1.29, 1.82) is 0 Å². The summed E-state index contributed by atoms with van der Waals surface area (Å²) in [5.41, 5.74) is 0.0839. The lowest BCUT2D eigenvalue weighted by Crippen LogP contribution is -2.25. The largest absolute Gasteiger partial charge is 0.418 e. The van der Waals surface area contributed by atoms with Crippen molar-refractivity contribution in [3.63, 3.8) is 0 Å². The van der Waals surface area contributed by atoms with E-state index in [0.717, 1.165) is 0 Å². The molecule has 2 nitrogen and oxygen atoms in total. The van der Waals surface area contributed by atoms with E-state index in [2.05, 4.69) is 15.9 Å². The Hall–Kier alpha value is -0.590. The molecule has 6 heteroatoms. The van der Waals surface area contributed by atoms with Gasteiger partial charge in [0.2, 0.25) is 0 Å². The van der Waals surface area contributed by atoms with E-state index in [-0.39, 0.29) is 18.3 Å². The van der Waals surface area contributed by atoms with Crippen LogP contribution in [0.5, 0.6) is 0 Å². The van der Waals surface area contributed by atoms with E-state index in [0.29, 0.717) is 11.1 Å². The molecule has 1 aromatic rings. The van der Waals surface area contributed by atoms with Crippen LogP contribution >= 0.6 is 15.9 Å². The molecule has 1 fully saturated rings. The Morgan fingerprint density at radius 1 is 1.41 bits per heavy atom. The van der Waals surface area contributed by atoms with Crippen molar-refractivity contribution in [1.82, 2.24) is 0 Å². The Morgan fingerprint density at radius 3 is 2.59 bits per heavy atom. The van der Waals surface area contributed by atoms with Crippen LogP contribution in [0, 0.1) is 0 Å². The molecule has 0 radical (unpaired) electrons. The van der Waals surface area contributed by atoms with E-state index >= 15 is 0 Å². The second-order valence-corrected chi connectivity index (χ2v) is 4.59. The minimum Gasteiger partial charge on any atom is -0.371 e. The number of hydrogen-bond acceptors (Lipinski definition) is 2. The van der Waals surface area contributed by atoms with Gasteiger partial charge in [-0.25, -0.2) is 0 Å². The Labute approximate surface area is 105 Å². The number of alkyl halides is 3. The van der Waals surface area contributed by atoms with Gasteiger partial charge in [0.15, 0.2) is 6.10 Å². The number of rotatable bonds is 4. The molecule has 1 saturated heterocycles. The third kappa shape index (κ3) is 3.43. The van der Waals surface area contributed by atoms with Crippen molar-refractivity contribution in [2.45, 2.75) is 18.4 Å². The summed E-state index contributed by atoms with van der Waals surface area (Å²) in [4.78, 5) is 0. The van der Waals surface area contributed by atoms with E-state index in [9.17, 15) is 13.2 Å². The quantitative estimate of drug-likeness (QED) is 0.794. The van der Waals surface area contributed by atoms with Crippen LogP contribution in [-0.2, 0) is 9.47 Å². The number of benzene rings is 1. The maximum atomic E-state index is 12.9. The topological polar surface area (TPSA) is 21.8 Å². The molecule has 1 heterocycles. The monoisotopic (exact) mass is 310 g/mol. The lowest BCUT2D eigenvalue weighted by atomic mass is 10.1. The first-order chi connectivity index (χ1) is 7.98. The highest BCUT2D eigenvalue weighted by Gasteiger charge is 2.43. The summed E-state index contributed by atoms with van der Waals surface area (Å²) >= 11 is 3.10. The molecule has 1 aromatic carbocycles. The van der Waals surface area contributed by atoms with E-state index in [4.69, 9.17) is 9.47 Å². The third-order valence-corrected chi connectivity index (χ3v) is 3.06. The molecule has 17 heavy (non-hydrogen) atoms. The van der Waals surface area contributed by atoms with Gasteiger partial charge in [-0.15, -0.1) is 0 Å². The van der Waals surface area contributed by atoms with E-state index in [1.54, 1.807) is 18.2 Å². The minimum atomic E-state index is -4.43. The Kier molecular flexibility index (Phi) is 3.75. The van der Waals surface area contributed by atoms with Gasteiger partial charge in [0.05, 0.1) is 13.2 Å². The SMILES string of the molecule is FC(F)(F)[C@@H](OC[C@@H]1CO1)c1ccccc1Br. The fourth-order valence-electron chi connectivity index (χ4n) is 1.42. The lowest BCUT2D eigenvalue weighted by molar-refractivity contribution is -0.224. The summed E-state index contributed by atoms with van der Waals surface area (Å²) in [6, 6.07) is 6.17. The molecule has 0 amide bonds. The fraction of sp³-hybridized carbons (Fsp3) is 0.455. The van der Waals surface area contributed by atoms with Crippen LogP contribution in [0.15, 0.2) is 28.7 Å². The van der Waals surface area contributed by atoms with Gasteiger partial charge in [0.1, 0.15) is 6.10 Å². The normalized spacial score (nSPS) is 21.3. The molecular formula is C11H10BrF3O2. The fourth-order valence-corrected chi connectivity index (χ4v) is 1.91. The number of epoxide rings is 1. The zero-order valence-electron chi connectivity index (χ0n) is 8.71. The van der Waals surface area contributed by atoms with Gasteiger partial charge >= 0.3 is 6.18 Å². The van der Waals surface area contributed by atoms with Crippen LogP contribution in [0.1, 0.15) is 11.7 Å². The highest BCUT2D eigenvalue weighted by molar-refractivity contribution is 9.10. The molecule has 94 valence electrons. The predicted octanol–water partition coefficient (Wildman–Crippen LogP) is 3.47. The highest BCUT2D eigenvalue weighted by atomic mass is 79.9. The van der Waals surface area contributed by atoms with Crippen LogP contribution in [0.2, 0.25) is 0 Å². The van der Waals surface area contributed by atoms with Crippen molar-refractivity contribution in [2.24, 2.45) is 0 Å². The molecular weight excluding hydrogens is 301 g/mol. The van der Waals surface area contributed by atoms with Gasteiger partial charge in [-0.05, 0) is 6.07 Å². The standard InChI is InChI=1S/C11H10BrF3O2/c12-9-4-2-1-3-8(9)10(11(13,14)15)17-6-7-5-16-7/h1-4,7,10H,5-6H2/t7-,10-/m0/s1.